The van der Waals surface area contributed by atoms with Gasteiger partial charge in [-0.3, -0.25) is 10.1 Å². The molecule has 0 amide bonds. The van der Waals surface area contributed by atoms with E-state index in [4.69, 9.17) is 11.6 Å². The lowest BCUT2D eigenvalue weighted by molar-refractivity contribution is -0.384. The maximum atomic E-state index is 12.1. The number of nitrogens with one attached hydrogen (secondary N) is 1. The summed E-state index contributed by atoms with van der Waals surface area (Å²) in [6.45, 7) is 0.243. The van der Waals surface area contributed by atoms with Crippen LogP contribution in [0.5, 0.6) is 0 Å². The summed E-state index contributed by atoms with van der Waals surface area (Å²) in [5.74, 6) is 0.549. The van der Waals surface area contributed by atoms with Gasteiger partial charge in [0.05, 0.1) is 9.82 Å². The number of thioether (sulfide) groups is 1. The zero-order valence-corrected chi connectivity index (χ0v) is 14.2. The molecule has 0 saturated carbocycles. The highest BCUT2D eigenvalue weighted by molar-refractivity contribution is 7.99. The Labute approximate surface area is 143 Å². The fourth-order valence-corrected chi connectivity index (χ4v) is 3.76. The zero-order chi connectivity index (χ0) is 16.9. The Balaban J connectivity index is 1.88. The lowest BCUT2D eigenvalue weighted by Crippen LogP contribution is -2.26. The second-order valence-corrected chi connectivity index (χ2v) is 7.82. The van der Waals surface area contributed by atoms with Gasteiger partial charge in [-0.15, -0.1) is 11.8 Å². The lowest BCUT2D eigenvalue weighted by atomic mass is 10.3. The molecule has 0 unspecified atom stereocenters. The molecule has 0 fully saturated rings. The van der Waals surface area contributed by atoms with E-state index in [1.54, 1.807) is 12.1 Å². The van der Waals surface area contributed by atoms with Crippen LogP contribution in [0.3, 0.4) is 0 Å². The predicted molar refractivity (Wildman–Crippen MR) is 90.5 cm³/mol. The monoisotopic (exact) mass is 372 g/mol. The van der Waals surface area contributed by atoms with E-state index in [0.717, 1.165) is 17.0 Å². The van der Waals surface area contributed by atoms with Crippen molar-refractivity contribution in [3.05, 3.63) is 63.7 Å². The average Bonchev–Trinajstić information content (AvgIpc) is 2.53. The minimum Gasteiger partial charge on any atom is -0.258 e. The van der Waals surface area contributed by atoms with Crippen LogP contribution < -0.4 is 4.72 Å². The van der Waals surface area contributed by atoms with Gasteiger partial charge in [0.25, 0.3) is 5.69 Å². The Kier molecular flexibility index (Phi) is 6.00. The quantitative estimate of drug-likeness (QED) is 0.348. The average molecular weight is 373 g/mol. The summed E-state index contributed by atoms with van der Waals surface area (Å²) in [5.41, 5.74) is -0.151. The van der Waals surface area contributed by atoms with Gasteiger partial charge >= 0.3 is 0 Å². The zero-order valence-electron chi connectivity index (χ0n) is 11.8. The van der Waals surface area contributed by atoms with Gasteiger partial charge in [-0.2, -0.15) is 0 Å². The van der Waals surface area contributed by atoms with E-state index in [1.807, 2.05) is 12.1 Å². The molecule has 0 aromatic heterocycles. The van der Waals surface area contributed by atoms with Crippen LogP contribution in [0, 0.1) is 10.1 Å². The van der Waals surface area contributed by atoms with Gasteiger partial charge < -0.3 is 0 Å². The number of benzene rings is 2. The summed E-state index contributed by atoms with van der Waals surface area (Å²) >= 11 is 7.28. The van der Waals surface area contributed by atoms with Gasteiger partial charge in [0.1, 0.15) is 0 Å². The topological polar surface area (TPSA) is 89.3 Å². The number of non-ortho nitro benzene ring substituents is 1. The van der Waals surface area contributed by atoms with Crippen LogP contribution in [0.1, 0.15) is 0 Å². The third-order valence-electron chi connectivity index (χ3n) is 2.83. The largest absolute Gasteiger partial charge is 0.269 e. The lowest BCUT2D eigenvalue weighted by Gasteiger charge is -2.06. The standard InChI is InChI=1S/C14H13ClN2O4S2/c15-11-1-5-13(6-2-11)22-10-9-16-23(20,21)14-7-3-12(4-8-14)17(18)19/h1-8,16H,9-10H2. The van der Waals surface area contributed by atoms with Crippen LogP contribution >= 0.6 is 23.4 Å². The highest BCUT2D eigenvalue weighted by Gasteiger charge is 2.15. The molecule has 2 aromatic rings. The van der Waals surface area contributed by atoms with Crippen molar-refractivity contribution in [3.8, 4) is 0 Å². The van der Waals surface area contributed by atoms with Crippen molar-refractivity contribution in [1.29, 1.82) is 0 Å². The normalized spacial score (nSPS) is 11.3. The summed E-state index contributed by atoms with van der Waals surface area (Å²) in [6, 6.07) is 12.0. The maximum absolute atomic E-state index is 12.1. The van der Waals surface area contributed by atoms with Crippen molar-refractivity contribution in [3.63, 3.8) is 0 Å². The van der Waals surface area contributed by atoms with E-state index < -0.39 is 14.9 Å². The van der Waals surface area contributed by atoms with Gasteiger partial charge in [0.2, 0.25) is 10.0 Å². The molecule has 2 aromatic carbocycles. The number of halogens is 1. The Hall–Kier alpha value is -1.61. The molecule has 0 spiro atoms. The van der Waals surface area contributed by atoms with Gasteiger partial charge in [-0.25, -0.2) is 13.1 Å². The Morgan fingerprint density at radius 3 is 2.26 bits per heavy atom. The number of nitro groups is 1. The van der Waals surface area contributed by atoms with Gasteiger partial charge in [-0.05, 0) is 36.4 Å². The molecule has 0 radical (unpaired) electrons. The van der Waals surface area contributed by atoms with Crippen LogP contribution in [-0.2, 0) is 10.0 Å². The molecule has 0 aliphatic rings. The predicted octanol–water partition coefficient (Wildman–Crippen LogP) is 3.32. The minimum atomic E-state index is -3.67. The van der Waals surface area contributed by atoms with Crippen LogP contribution in [0.4, 0.5) is 5.69 Å². The fraction of sp³-hybridized carbons (Fsp3) is 0.143. The molecule has 0 aliphatic carbocycles. The smallest absolute Gasteiger partial charge is 0.258 e. The van der Waals surface area contributed by atoms with Gasteiger partial charge in [0, 0.05) is 34.3 Å². The Morgan fingerprint density at radius 1 is 1.09 bits per heavy atom. The van der Waals surface area contributed by atoms with Crippen molar-refractivity contribution < 1.29 is 13.3 Å². The summed E-state index contributed by atoms with van der Waals surface area (Å²) < 4.78 is 26.6. The van der Waals surface area contributed by atoms with Crippen LogP contribution in [0.25, 0.3) is 0 Å². The number of hydrogen-bond acceptors (Lipinski definition) is 5. The van der Waals surface area contributed by atoms with Crippen molar-refractivity contribution in [2.45, 2.75) is 9.79 Å². The van der Waals surface area contributed by atoms with Gasteiger partial charge in [0.15, 0.2) is 0 Å². The molecule has 0 atom stereocenters. The molecule has 2 rings (SSSR count). The molecule has 0 bridgehead atoms. The summed E-state index contributed by atoms with van der Waals surface area (Å²) in [4.78, 5) is 11.0. The molecule has 0 saturated heterocycles. The first-order chi connectivity index (χ1) is 10.9. The number of sulfonamides is 1. The molecule has 0 heterocycles. The van der Waals surface area contributed by atoms with E-state index in [-0.39, 0.29) is 17.1 Å². The first kappa shape index (κ1) is 17.7. The van der Waals surface area contributed by atoms with Crippen LogP contribution in [0.15, 0.2) is 58.3 Å². The van der Waals surface area contributed by atoms with Crippen LogP contribution in [0.2, 0.25) is 5.02 Å². The minimum absolute atomic E-state index is 0.000377. The van der Waals surface area contributed by atoms with Crippen molar-refractivity contribution in [2.75, 3.05) is 12.3 Å². The second-order valence-electron chi connectivity index (χ2n) is 4.45. The molecule has 23 heavy (non-hydrogen) atoms. The number of nitro benzene ring substituents is 1. The second kappa shape index (κ2) is 7.78. The maximum Gasteiger partial charge on any atom is 0.269 e. The molecular formula is C14H13ClN2O4S2. The van der Waals surface area contributed by atoms with E-state index in [1.165, 1.54) is 23.9 Å². The molecule has 6 nitrogen and oxygen atoms in total. The SMILES string of the molecule is O=[N+]([O-])c1ccc(S(=O)(=O)NCCSc2ccc(Cl)cc2)cc1. The van der Waals surface area contributed by atoms with Crippen molar-refractivity contribution in [2.24, 2.45) is 0 Å². The number of hydrogen-bond donors (Lipinski definition) is 1. The molecule has 0 aliphatic heterocycles. The van der Waals surface area contributed by atoms with E-state index in [0.29, 0.717) is 10.8 Å². The van der Waals surface area contributed by atoms with Gasteiger partial charge in [-0.1, -0.05) is 11.6 Å². The highest BCUT2D eigenvalue weighted by Crippen LogP contribution is 2.20. The fourth-order valence-electron chi connectivity index (χ4n) is 1.71. The molecule has 122 valence electrons. The van der Waals surface area contributed by atoms with Crippen LogP contribution in [-0.4, -0.2) is 25.6 Å². The summed E-state index contributed by atoms with van der Waals surface area (Å²) in [6.07, 6.45) is 0. The first-order valence-electron chi connectivity index (χ1n) is 6.51. The van der Waals surface area contributed by atoms with Crippen molar-refractivity contribution >= 4 is 39.1 Å². The number of rotatable bonds is 7. The molecule has 1 N–H and O–H groups in total. The molecule has 9 heteroatoms. The van der Waals surface area contributed by atoms with E-state index in [9.17, 15) is 18.5 Å². The Morgan fingerprint density at radius 2 is 1.70 bits per heavy atom. The third kappa shape index (κ3) is 5.21. The third-order valence-corrected chi connectivity index (χ3v) is 5.58. The van der Waals surface area contributed by atoms with E-state index in [2.05, 4.69) is 4.72 Å². The summed E-state index contributed by atoms with van der Waals surface area (Å²) in [7, 11) is -3.67. The van der Waals surface area contributed by atoms with E-state index >= 15 is 0 Å². The van der Waals surface area contributed by atoms with Crippen molar-refractivity contribution in [1.82, 2.24) is 4.72 Å². The first-order valence-corrected chi connectivity index (χ1v) is 9.36. The highest BCUT2D eigenvalue weighted by atomic mass is 35.5. The molecular weight excluding hydrogens is 360 g/mol. The Bertz CT molecular complexity index is 777. The summed E-state index contributed by atoms with van der Waals surface area (Å²) in [5, 5.41) is 11.2. The number of nitrogens with zero attached hydrogens (tertiary/aromatic N) is 1.